The molecule has 0 radical (unpaired) electrons. The van der Waals surface area contributed by atoms with E-state index in [0.717, 1.165) is 25.5 Å². The molecule has 1 heterocycles. The molecular weight excluding hydrogens is 262 g/mol. The molecule has 0 spiro atoms. The number of carbonyl (C=O) groups excluding carboxylic acids is 1. The van der Waals surface area contributed by atoms with Gasteiger partial charge in [0.25, 0.3) is 0 Å². The van der Waals surface area contributed by atoms with Crippen LogP contribution < -0.4 is 10.6 Å². The summed E-state index contributed by atoms with van der Waals surface area (Å²) in [5.74, 6) is -1.13. The Morgan fingerprint density at radius 2 is 2.20 bits per heavy atom. The van der Waals surface area contributed by atoms with E-state index in [-0.39, 0.29) is 17.9 Å². The first kappa shape index (κ1) is 14.9. The molecule has 1 aliphatic rings. The average Bonchev–Trinajstić information content (AvgIpc) is 2.38. The molecule has 0 aromatic heterocycles. The number of rotatable bonds is 3. The van der Waals surface area contributed by atoms with E-state index in [0.29, 0.717) is 5.56 Å². The number of hydrogen-bond donors (Lipinski definition) is 2. The Morgan fingerprint density at radius 3 is 2.85 bits per heavy atom. The van der Waals surface area contributed by atoms with E-state index >= 15 is 0 Å². The van der Waals surface area contributed by atoms with Crippen molar-refractivity contribution in [3.05, 3.63) is 35.4 Å². The molecule has 20 heavy (non-hydrogen) atoms. The van der Waals surface area contributed by atoms with Gasteiger partial charge in [-0.1, -0.05) is 13.0 Å². The quantitative estimate of drug-likeness (QED) is 0.894. The van der Waals surface area contributed by atoms with Crippen LogP contribution in [0, 0.1) is 17.6 Å². The summed E-state index contributed by atoms with van der Waals surface area (Å²) in [5, 5.41) is 5.98. The number of piperidine rings is 1. The van der Waals surface area contributed by atoms with Crippen LogP contribution in [-0.4, -0.2) is 18.5 Å². The van der Waals surface area contributed by atoms with Gasteiger partial charge in [-0.3, -0.25) is 4.79 Å². The van der Waals surface area contributed by atoms with Crippen molar-refractivity contribution in [1.29, 1.82) is 0 Å². The molecule has 5 heteroatoms. The van der Waals surface area contributed by atoms with E-state index < -0.39 is 17.7 Å². The Morgan fingerprint density at radius 1 is 1.45 bits per heavy atom. The summed E-state index contributed by atoms with van der Waals surface area (Å²) in [6, 6.07) is 2.67. The highest BCUT2D eigenvalue weighted by atomic mass is 19.1. The first-order valence-corrected chi connectivity index (χ1v) is 6.97. The topological polar surface area (TPSA) is 41.1 Å². The maximum absolute atomic E-state index is 13.7. The minimum absolute atomic E-state index is 0.131. The van der Waals surface area contributed by atoms with Gasteiger partial charge in [-0.05, 0) is 38.3 Å². The second-order valence-electron chi connectivity index (χ2n) is 5.45. The van der Waals surface area contributed by atoms with E-state index in [1.807, 2.05) is 6.92 Å². The Balaban J connectivity index is 2.03. The van der Waals surface area contributed by atoms with Crippen LogP contribution in [0.3, 0.4) is 0 Å². The number of benzene rings is 1. The lowest BCUT2D eigenvalue weighted by molar-refractivity contribution is -0.125. The number of halogens is 2. The van der Waals surface area contributed by atoms with Gasteiger partial charge in [0.1, 0.15) is 11.6 Å². The van der Waals surface area contributed by atoms with Crippen molar-refractivity contribution in [2.75, 3.05) is 6.54 Å². The summed E-state index contributed by atoms with van der Waals surface area (Å²) in [4.78, 5) is 12.2. The molecule has 2 N–H and O–H groups in total. The molecule has 0 saturated carbocycles. The SMILES string of the molecule is CC(NC(=O)C1NCCCC1C)c1ccc(F)cc1F. The summed E-state index contributed by atoms with van der Waals surface area (Å²) in [5.41, 5.74) is 0.295. The fourth-order valence-corrected chi connectivity index (χ4v) is 2.63. The predicted octanol–water partition coefficient (Wildman–Crippen LogP) is 2.53. The van der Waals surface area contributed by atoms with Gasteiger partial charge in [-0.15, -0.1) is 0 Å². The highest BCUT2D eigenvalue weighted by molar-refractivity contribution is 5.82. The normalized spacial score (nSPS) is 24.2. The summed E-state index contributed by atoms with van der Waals surface area (Å²) in [6.07, 6.45) is 2.07. The molecule has 3 atom stereocenters. The van der Waals surface area contributed by atoms with Crippen LogP contribution in [-0.2, 0) is 4.79 Å². The van der Waals surface area contributed by atoms with E-state index in [9.17, 15) is 13.6 Å². The largest absolute Gasteiger partial charge is 0.348 e. The van der Waals surface area contributed by atoms with Crippen LogP contribution in [0.5, 0.6) is 0 Å². The standard InChI is InChI=1S/C15H20F2N2O/c1-9-4-3-7-18-14(9)15(20)19-10(2)12-6-5-11(16)8-13(12)17/h5-6,8-10,14,18H,3-4,7H2,1-2H3,(H,19,20). The van der Waals surface area contributed by atoms with Crippen molar-refractivity contribution in [3.8, 4) is 0 Å². The van der Waals surface area contributed by atoms with Crippen LogP contribution in [0.25, 0.3) is 0 Å². The van der Waals surface area contributed by atoms with Crippen molar-refractivity contribution in [2.24, 2.45) is 5.92 Å². The summed E-state index contributed by atoms with van der Waals surface area (Å²) >= 11 is 0. The van der Waals surface area contributed by atoms with Gasteiger partial charge in [0.15, 0.2) is 0 Å². The molecule has 1 amide bonds. The molecule has 110 valence electrons. The lowest BCUT2D eigenvalue weighted by atomic mass is 9.92. The van der Waals surface area contributed by atoms with E-state index in [1.54, 1.807) is 6.92 Å². The molecule has 1 aromatic carbocycles. The van der Waals surface area contributed by atoms with Crippen LogP contribution >= 0.6 is 0 Å². The monoisotopic (exact) mass is 282 g/mol. The van der Waals surface area contributed by atoms with E-state index in [1.165, 1.54) is 12.1 Å². The average molecular weight is 282 g/mol. The highest BCUT2D eigenvalue weighted by Crippen LogP contribution is 2.20. The minimum atomic E-state index is -0.637. The van der Waals surface area contributed by atoms with Crippen LogP contribution in [0.1, 0.15) is 38.3 Å². The summed E-state index contributed by atoms with van der Waals surface area (Å²) in [6.45, 7) is 4.54. The van der Waals surface area contributed by atoms with Crippen LogP contribution in [0.4, 0.5) is 8.78 Å². The number of carbonyl (C=O) groups is 1. The highest BCUT2D eigenvalue weighted by Gasteiger charge is 2.28. The smallest absolute Gasteiger partial charge is 0.237 e. The third-order valence-electron chi connectivity index (χ3n) is 3.84. The van der Waals surface area contributed by atoms with Crippen molar-refractivity contribution in [1.82, 2.24) is 10.6 Å². The zero-order valence-corrected chi connectivity index (χ0v) is 11.7. The molecule has 1 aromatic rings. The molecule has 1 fully saturated rings. The lowest BCUT2D eigenvalue weighted by Gasteiger charge is -2.30. The Kier molecular flexibility index (Phi) is 4.70. The van der Waals surface area contributed by atoms with Crippen LogP contribution in [0.15, 0.2) is 18.2 Å². The molecule has 0 aliphatic carbocycles. The maximum Gasteiger partial charge on any atom is 0.237 e. The third-order valence-corrected chi connectivity index (χ3v) is 3.84. The van der Waals surface area contributed by atoms with Gasteiger partial charge >= 0.3 is 0 Å². The van der Waals surface area contributed by atoms with Gasteiger partial charge in [-0.2, -0.15) is 0 Å². The second-order valence-corrected chi connectivity index (χ2v) is 5.45. The summed E-state index contributed by atoms with van der Waals surface area (Å²) < 4.78 is 26.5. The number of hydrogen-bond acceptors (Lipinski definition) is 2. The van der Waals surface area contributed by atoms with Gasteiger partial charge < -0.3 is 10.6 Å². The first-order valence-electron chi connectivity index (χ1n) is 6.97. The first-order chi connectivity index (χ1) is 9.49. The van der Waals surface area contributed by atoms with Crippen molar-refractivity contribution in [2.45, 2.75) is 38.8 Å². The molecule has 3 unspecified atom stereocenters. The Hall–Kier alpha value is -1.49. The molecule has 2 rings (SSSR count). The van der Waals surface area contributed by atoms with Gasteiger partial charge in [0.2, 0.25) is 5.91 Å². The summed E-state index contributed by atoms with van der Waals surface area (Å²) in [7, 11) is 0. The zero-order chi connectivity index (χ0) is 14.7. The van der Waals surface area contributed by atoms with Gasteiger partial charge in [-0.25, -0.2) is 8.78 Å². The second kappa shape index (κ2) is 6.31. The van der Waals surface area contributed by atoms with Crippen molar-refractivity contribution >= 4 is 5.91 Å². The van der Waals surface area contributed by atoms with E-state index in [4.69, 9.17) is 0 Å². The molecule has 3 nitrogen and oxygen atoms in total. The Labute approximate surface area is 117 Å². The van der Waals surface area contributed by atoms with Crippen molar-refractivity contribution < 1.29 is 13.6 Å². The third kappa shape index (κ3) is 3.33. The van der Waals surface area contributed by atoms with Crippen LogP contribution in [0.2, 0.25) is 0 Å². The number of nitrogens with one attached hydrogen (secondary N) is 2. The van der Waals surface area contributed by atoms with E-state index in [2.05, 4.69) is 10.6 Å². The Bertz CT molecular complexity index is 493. The van der Waals surface area contributed by atoms with Gasteiger partial charge in [0.05, 0.1) is 12.1 Å². The number of amides is 1. The predicted molar refractivity (Wildman–Crippen MR) is 73.1 cm³/mol. The molecule has 0 bridgehead atoms. The maximum atomic E-state index is 13.7. The lowest BCUT2D eigenvalue weighted by Crippen LogP contribution is -2.51. The fourth-order valence-electron chi connectivity index (χ4n) is 2.63. The minimum Gasteiger partial charge on any atom is -0.348 e. The van der Waals surface area contributed by atoms with Gasteiger partial charge in [0, 0.05) is 11.6 Å². The van der Waals surface area contributed by atoms with Crippen molar-refractivity contribution in [3.63, 3.8) is 0 Å². The molecular formula is C15H20F2N2O. The molecule has 1 aliphatic heterocycles. The fraction of sp³-hybridized carbons (Fsp3) is 0.533. The molecule has 1 saturated heterocycles. The zero-order valence-electron chi connectivity index (χ0n) is 11.7.